The second-order valence-electron chi connectivity index (χ2n) is 3.82. The maximum absolute atomic E-state index is 10.8. The molecule has 2 N–H and O–H groups in total. The van der Waals surface area contributed by atoms with Crippen molar-refractivity contribution in [2.75, 3.05) is 14.2 Å². The van der Waals surface area contributed by atoms with E-state index in [1.165, 1.54) is 0 Å². The number of methoxy groups -OCH3 is 2. The molecule has 6 nitrogen and oxygen atoms in total. The van der Waals surface area contributed by atoms with Crippen LogP contribution < -0.4 is 0 Å². The Bertz CT molecular complexity index is 244. The topological polar surface area (TPSA) is 93.1 Å². The van der Waals surface area contributed by atoms with Crippen molar-refractivity contribution in [2.24, 2.45) is 5.92 Å². The van der Waals surface area contributed by atoms with Gasteiger partial charge < -0.3 is 19.7 Å². The van der Waals surface area contributed by atoms with Crippen molar-refractivity contribution in [3.05, 3.63) is 0 Å². The van der Waals surface area contributed by atoms with Crippen LogP contribution in [0.1, 0.15) is 6.42 Å². The van der Waals surface area contributed by atoms with Gasteiger partial charge in [0.2, 0.25) is 0 Å². The van der Waals surface area contributed by atoms with Crippen LogP contribution in [0.25, 0.3) is 0 Å². The summed E-state index contributed by atoms with van der Waals surface area (Å²) >= 11 is 0. The van der Waals surface area contributed by atoms with Crippen LogP contribution in [-0.2, 0) is 19.1 Å². The second-order valence-corrected chi connectivity index (χ2v) is 9.18. The maximum atomic E-state index is 10.8. The van der Waals surface area contributed by atoms with Gasteiger partial charge >= 0.3 is 11.9 Å². The molecule has 0 radical (unpaired) electrons. The molecule has 0 aliphatic rings. The molecular weight excluding hydrogens is 260 g/mol. The van der Waals surface area contributed by atoms with Crippen molar-refractivity contribution < 1.29 is 29.3 Å². The van der Waals surface area contributed by atoms with E-state index in [0.717, 1.165) is 5.67 Å². The lowest BCUT2D eigenvalue weighted by Gasteiger charge is -2.13. The summed E-state index contributed by atoms with van der Waals surface area (Å²) in [5.74, 6) is -2.88. The van der Waals surface area contributed by atoms with Crippen LogP contribution in [0.5, 0.6) is 0 Å². The van der Waals surface area contributed by atoms with Crippen LogP contribution in [0.2, 0.25) is 11.7 Å². The predicted molar refractivity (Wildman–Crippen MR) is 67.9 cm³/mol. The molecule has 0 aromatic heterocycles. The van der Waals surface area contributed by atoms with Gasteiger partial charge in [-0.05, 0) is 6.04 Å². The molecule has 0 aliphatic heterocycles. The van der Waals surface area contributed by atoms with Crippen LogP contribution in [0.15, 0.2) is 0 Å². The van der Waals surface area contributed by atoms with Crippen molar-refractivity contribution in [1.82, 2.24) is 0 Å². The van der Waals surface area contributed by atoms with E-state index in [-0.39, 0.29) is 12.3 Å². The van der Waals surface area contributed by atoms with Gasteiger partial charge in [0.25, 0.3) is 0 Å². The first kappa shape index (κ1) is 16.3. The molecule has 0 saturated heterocycles. The van der Waals surface area contributed by atoms with Gasteiger partial charge in [-0.2, -0.15) is 0 Å². The Morgan fingerprint density at radius 1 is 1.24 bits per heavy atom. The summed E-state index contributed by atoms with van der Waals surface area (Å²) in [5.41, 5.74) is 1.02. The van der Waals surface area contributed by atoms with Gasteiger partial charge in [0.1, 0.15) is 5.91 Å². The maximum Gasteiger partial charge on any atom is 0.306 e. The number of hydrogen-bond donors (Lipinski definition) is 2. The zero-order valence-electron chi connectivity index (χ0n) is 10.2. The highest BCUT2D eigenvalue weighted by Gasteiger charge is 2.20. The summed E-state index contributed by atoms with van der Waals surface area (Å²) in [4.78, 5) is 21.3. The van der Waals surface area contributed by atoms with Crippen LogP contribution >= 0.6 is 0 Å². The molecule has 0 heterocycles. The van der Waals surface area contributed by atoms with E-state index in [1.54, 1.807) is 14.2 Å². The molecular formula is C9H20O6Si2. The van der Waals surface area contributed by atoms with Crippen molar-refractivity contribution in [2.45, 2.75) is 24.0 Å². The molecule has 0 fully saturated rings. The lowest BCUT2D eigenvalue weighted by atomic mass is 10.1. The summed E-state index contributed by atoms with van der Waals surface area (Å²) in [6, 6.07) is 0.536. The minimum atomic E-state index is -1.05. The quantitative estimate of drug-likeness (QED) is 0.299. The van der Waals surface area contributed by atoms with Gasteiger partial charge in [0, 0.05) is 23.7 Å². The third-order valence-corrected chi connectivity index (χ3v) is 8.41. The molecule has 0 saturated carbocycles. The standard InChI is InChI=1S/C9H20O6Si2/c1-14-9(15-2)17-5-16-4-6(8(12)13)3-7(10)11/h6,9H,3-5,16-17H2,1-2H3,(H,10,11)(H,12,13). The van der Waals surface area contributed by atoms with Crippen molar-refractivity contribution in [1.29, 1.82) is 0 Å². The van der Waals surface area contributed by atoms with Crippen LogP contribution in [0.3, 0.4) is 0 Å². The van der Waals surface area contributed by atoms with Gasteiger partial charge in [-0.15, -0.1) is 0 Å². The molecule has 1 atom stereocenters. The number of carboxylic acids is 2. The largest absolute Gasteiger partial charge is 0.481 e. The Labute approximate surface area is 105 Å². The van der Waals surface area contributed by atoms with Gasteiger partial charge in [0.15, 0.2) is 0 Å². The highest BCUT2D eigenvalue weighted by atomic mass is 28.3. The van der Waals surface area contributed by atoms with Crippen LogP contribution in [0, 0.1) is 5.92 Å². The fourth-order valence-electron chi connectivity index (χ4n) is 1.56. The fourth-order valence-corrected chi connectivity index (χ4v) is 6.62. The molecule has 0 aromatic carbocycles. The Morgan fingerprint density at radius 2 is 1.82 bits per heavy atom. The van der Waals surface area contributed by atoms with E-state index in [0.29, 0.717) is 6.04 Å². The molecule has 0 rings (SSSR count). The van der Waals surface area contributed by atoms with E-state index >= 15 is 0 Å². The number of aliphatic carboxylic acids is 2. The first-order valence-electron chi connectivity index (χ1n) is 5.51. The molecule has 0 aromatic rings. The van der Waals surface area contributed by atoms with Crippen LogP contribution in [-0.4, -0.2) is 61.3 Å². The van der Waals surface area contributed by atoms with Crippen molar-refractivity contribution in [3.63, 3.8) is 0 Å². The molecule has 0 spiro atoms. The molecule has 0 amide bonds. The average Bonchev–Trinajstić information content (AvgIpc) is 2.27. The van der Waals surface area contributed by atoms with E-state index in [9.17, 15) is 9.59 Å². The smallest absolute Gasteiger partial charge is 0.306 e. The molecule has 0 bridgehead atoms. The minimum absolute atomic E-state index is 0.106. The highest BCUT2D eigenvalue weighted by molar-refractivity contribution is 6.56. The monoisotopic (exact) mass is 280 g/mol. The second kappa shape index (κ2) is 9.34. The summed E-state index contributed by atoms with van der Waals surface area (Å²) in [5, 5.41) is 17.4. The van der Waals surface area contributed by atoms with E-state index in [1.807, 2.05) is 0 Å². The zero-order chi connectivity index (χ0) is 13.3. The summed E-state index contributed by atoms with van der Waals surface area (Å²) in [6.45, 7) is 0. The SMILES string of the molecule is COC(OC)[SiH2]C[SiH2]CC(CC(=O)O)C(=O)O. The van der Waals surface area contributed by atoms with Crippen LogP contribution in [0.4, 0.5) is 0 Å². The first-order valence-corrected chi connectivity index (χ1v) is 9.33. The average molecular weight is 280 g/mol. The number of hydrogen-bond acceptors (Lipinski definition) is 4. The lowest BCUT2D eigenvalue weighted by molar-refractivity contribution is -0.147. The number of carboxylic acid groups (broad SMARTS) is 2. The van der Waals surface area contributed by atoms with E-state index < -0.39 is 36.9 Å². The van der Waals surface area contributed by atoms with Crippen molar-refractivity contribution >= 4 is 31.0 Å². The Morgan fingerprint density at radius 3 is 2.24 bits per heavy atom. The van der Waals surface area contributed by atoms with Gasteiger partial charge in [-0.3, -0.25) is 9.59 Å². The van der Waals surface area contributed by atoms with E-state index in [2.05, 4.69) is 0 Å². The summed E-state index contributed by atoms with van der Waals surface area (Å²) in [7, 11) is 2.16. The number of carbonyl (C=O) groups is 2. The molecule has 17 heavy (non-hydrogen) atoms. The highest BCUT2D eigenvalue weighted by Crippen LogP contribution is 2.10. The van der Waals surface area contributed by atoms with Gasteiger partial charge in [0.05, 0.1) is 21.9 Å². The Kier molecular flexibility index (Phi) is 8.95. The normalized spacial score (nSPS) is 14.1. The Hall–Kier alpha value is -0.706. The molecule has 0 aliphatic carbocycles. The molecule has 100 valence electrons. The van der Waals surface area contributed by atoms with Crippen molar-refractivity contribution in [3.8, 4) is 0 Å². The van der Waals surface area contributed by atoms with Gasteiger partial charge in [-0.25, -0.2) is 0 Å². The molecule has 8 heteroatoms. The fraction of sp³-hybridized carbons (Fsp3) is 0.778. The predicted octanol–water partition coefficient (Wildman–Crippen LogP) is -1.13. The first-order chi connectivity index (χ1) is 8.01. The van der Waals surface area contributed by atoms with Gasteiger partial charge in [-0.1, -0.05) is 5.67 Å². The number of ether oxygens (including phenoxy) is 2. The third kappa shape index (κ3) is 8.08. The summed E-state index contributed by atoms with van der Waals surface area (Å²) < 4.78 is 10.1. The van der Waals surface area contributed by atoms with E-state index in [4.69, 9.17) is 19.7 Å². The lowest BCUT2D eigenvalue weighted by Crippen LogP contribution is -2.24. The summed E-state index contributed by atoms with van der Waals surface area (Å²) in [6.07, 6.45) is -0.276. The zero-order valence-corrected chi connectivity index (χ0v) is 13.0. The molecule has 1 unspecified atom stereocenters. The number of rotatable bonds is 10. The Balaban J connectivity index is 3.82. The third-order valence-electron chi connectivity index (χ3n) is 2.54. The minimum Gasteiger partial charge on any atom is -0.481 e.